The van der Waals surface area contributed by atoms with Crippen LogP contribution in [0.3, 0.4) is 0 Å². The number of benzene rings is 1. The van der Waals surface area contributed by atoms with Crippen molar-refractivity contribution >= 4 is 17.6 Å². The van der Waals surface area contributed by atoms with Gasteiger partial charge in [-0.1, -0.05) is 6.07 Å². The van der Waals surface area contributed by atoms with Gasteiger partial charge in [0.2, 0.25) is 6.21 Å². The number of nitrogens with one attached hydrogen (secondary N) is 1. The van der Waals surface area contributed by atoms with Crippen LogP contribution in [0, 0.1) is 6.07 Å². The van der Waals surface area contributed by atoms with Gasteiger partial charge in [-0.3, -0.25) is 0 Å². The zero-order chi connectivity index (χ0) is 7.52. The molecule has 1 N–H and O–H groups in total. The van der Waals surface area contributed by atoms with E-state index in [0.717, 1.165) is 24.3 Å². The quantitative estimate of drug-likeness (QED) is 0.585. The van der Waals surface area contributed by atoms with Gasteiger partial charge in [0.05, 0.1) is 4.99 Å². The highest BCUT2D eigenvalue weighted by molar-refractivity contribution is 5.72. The lowest BCUT2D eigenvalue weighted by Gasteiger charge is -1.97. The fourth-order valence-corrected chi connectivity index (χ4v) is 1.11. The molecule has 54 valence electrons. The molecule has 0 aliphatic carbocycles. The van der Waals surface area contributed by atoms with E-state index < -0.39 is 0 Å². The van der Waals surface area contributed by atoms with Gasteiger partial charge in [-0.25, -0.2) is 0 Å². The normalized spacial score (nSPS) is 14.9. The standard InChI is InChI=1S/C9H9N2/c1-2-5-9-8(4-1)10-6-3-7-11-9/h1,4-5,7,10H,3,6H2/q+1. The summed E-state index contributed by atoms with van der Waals surface area (Å²) >= 11 is 0. The highest BCUT2D eigenvalue weighted by atomic mass is 14.9. The molecule has 1 aromatic rings. The Morgan fingerprint density at radius 1 is 1.55 bits per heavy atom. The number of nitrogens with zero attached hydrogens (tertiary/aromatic N) is 1. The van der Waals surface area contributed by atoms with Crippen LogP contribution >= 0.6 is 0 Å². The molecule has 2 rings (SSSR count). The number of anilines is 1. The van der Waals surface area contributed by atoms with E-state index in [1.54, 1.807) is 0 Å². The lowest BCUT2D eigenvalue weighted by molar-refractivity contribution is 1.14. The monoisotopic (exact) mass is 145 g/mol. The Bertz CT molecular complexity index is 279. The lowest BCUT2D eigenvalue weighted by atomic mass is 10.3. The fraction of sp³-hybridized carbons (Fsp3) is 0.222. The van der Waals surface area contributed by atoms with Crippen LogP contribution in [-0.2, 0) is 0 Å². The van der Waals surface area contributed by atoms with Gasteiger partial charge in [-0.2, -0.15) is 0 Å². The summed E-state index contributed by atoms with van der Waals surface area (Å²) in [5.74, 6) is 0. The average Bonchev–Trinajstić information content (AvgIpc) is 2.28. The molecule has 1 aliphatic rings. The molecule has 2 heteroatoms. The van der Waals surface area contributed by atoms with Crippen molar-refractivity contribution in [3.63, 3.8) is 0 Å². The number of fused-ring (bicyclic) bond motifs is 1. The van der Waals surface area contributed by atoms with Crippen molar-refractivity contribution in [2.24, 2.45) is 0 Å². The highest BCUT2D eigenvalue weighted by Gasteiger charge is 2.11. The molecular weight excluding hydrogens is 136 g/mol. The molecule has 2 nitrogen and oxygen atoms in total. The van der Waals surface area contributed by atoms with Gasteiger partial charge >= 0.3 is 0 Å². The van der Waals surface area contributed by atoms with Crippen molar-refractivity contribution < 1.29 is 0 Å². The molecule has 11 heavy (non-hydrogen) atoms. The minimum atomic E-state index is 0.973. The molecule has 0 amide bonds. The molecule has 2 radical (unpaired) electrons. The summed E-state index contributed by atoms with van der Waals surface area (Å²) in [6.45, 7) is 0.973. The van der Waals surface area contributed by atoms with Crippen molar-refractivity contribution in [2.45, 2.75) is 6.42 Å². The second-order valence-corrected chi connectivity index (χ2v) is 2.47. The van der Waals surface area contributed by atoms with Gasteiger partial charge in [0.25, 0.3) is 5.69 Å². The Morgan fingerprint density at radius 3 is 3.55 bits per heavy atom. The van der Waals surface area contributed by atoms with Crippen LogP contribution in [0.4, 0.5) is 11.4 Å². The molecule has 0 spiro atoms. The molecule has 0 bridgehead atoms. The second-order valence-electron chi connectivity index (χ2n) is 2.47. The summed E-state index contributed by atoms with van der Waals surface area (Å²) < 4.78 is 0. The van der Waals surface area contributed by atoms with Gasteiger partial charge < -0.3 is 5.32 Å². The molecule has 0 unspecified atom stereocenters. The zero-order valence-corrected chi connectivity index (χ0v) is 6.17. The van der Waals surface area contributed by atoms with E-state index >= 15 is 0 Å². The van der Waals surface area contributed by atoms with Crippen molar-refractivity contribution in [1.82, 2.24) is 4.99 Å². The van der Waals surface area contributed by atoms with E-state index in [0.29, 0.717) is 0 Å². The number of hydrogen-bond acceptors (Lipinski definition) is 2. The first-order valence-electron chi connectivity index (χ1n) is 3.73. The van der Waals surface area contributed by atoms with Gasteiger partial charge in [0, 0.05) is 19.0 Å². The summed E-state index contributed by atoms with van der Waals surface area (Å²) in [6.07, 6.45) is 2.93. The van der Waals surface area contributed by atoms with Crippen molar-refractivity contribution in [2.75, 3.05) is 11.9 Å². The largest absolute Gasteiger partial charge is 0.379 e. The molecule has 1 aliphatic heterocycles. The maximum absolute atomic E-state index is 4.27. The van der Waals surface area contributed by atoms with Crippen LogP contribution in [0.2, 0.25) is 0 Å². The van der Waals surface area contributed by atoms with Crippen LogP contribution in [0.15, 0.2) is 18.2 Å². The topological polar surface area (TPSA) is 26.1 Å². The molecule has 0 aromatic heterocycles. The summed E-state index contributed by atoms with van der Waals surface area (Å²) in [6, 6.07) is 8.78. The van der Waals surface area contributed by atoms with Crippen LogP contribution in [-0.4, -0.2) is 12.8 Å². The summed E-state index contributed by atoms with van der Waals surface area (Å²) in [5.41, 5.74) is 2.10. The highest BCUT2D eigenvalue weighted by Crippen LogP contribution is 2.19. The van der Waals surface area contributed by atoms with E-state index in [-0.39, 0.29) is 0 Å². The number of aliphatic imine (C=N–C) groups is 1. The second kappa shape index (κ2) is 2.74. The first kappa shape index (κ1) is 6.40. The predicted molar refractivity (Wildman–Crippen MR) is 46.2 cm³/mol. The Morgan fingerprint density at radius 2 is 2.55 bits per heavy atom. The van der Waals surface area contributed by atoms with E-state index in [1.165, 1.54) is 0 Å². The van der Waals surface area contributed by atoms with E-state index in [2.05, 4.69) is 16.4 Å². The predicted octanol–water partition coefficient (Wildman–Crippen LogP) is 1.34. The third-order valence-electron chi connectivity index (χ3n) is 1.66. The third kappa shape index (κ3) is 1.24. The molecule has 1 aromatic carbocycles. The van der Waals surface area contributed by atoms with E-state index in [1.807, 2.05) is 24.4 Å². The zero-order valence-electron chi connectivity index (χ0n) is 6.17. The maximum Gasteiger partial charge on any atom is 0.300 e. The lowest BCUT2D eigenvalue weighted by Crippen LogP contribution is -1.98. The van der Waals surface area contributed by atoms with Gasteiger partial charge in [-0.15, -0.1) is 0 Å². The molecule has 1 heterocycles. The van der Waals surface area contributed by atoms with Crippen LogP contribution in [0.1, 0.15) is 6.42 Å². The van der Waals surface area contributed by atoms with Crippen molar-refractivity contribution in [3.8, 4) is 0 Å². The van der Waals surface area contributed by atoms with Crippen molar-refractivity contribution in [3.05, 3.63) is 24.3 Å². The van der Waals surface area contributed by atoms with Crippen LogP contribution in [0.25, 0.3) is 0 Å². The summed E-state index contributed by atoms with van der Waals surface area (Å²) in [7, 11) is 0. The summed E-state index contributed by atoms with van der Waals surface area (Å²) in [4.78, 5) is 4.27. The molecule has 0 fully saturated rings. The van der Waals surface area contributed by atoms with E-state index in [9.17, 15) is 0 Å². The van der Waals surface area contributed by atoms with E-state index in [4.69, 9.17) is 0 Å². The average molecular weight is 145 g/mol. The first-order valence-corrected chi connectivity index (χ1v) is 3.73. The van der Waals surface area contributed by atoms with Gasteiger partial charge in [0.1, 0.15) is 5.69 Å². The van der Waals surface area contributed by atoms with Gasteiger partial charge in [-0.05, 0) is 12.1 Å². The minimum Gasteiger partial charge on any atom is -0.379 e. The molecule has 0 atom stereocenters. The smallest absolute Gasteiger partial charge is 0.300 e. The fourth-order valence-electron chi connectivity index (χ4n) is 1.11. The van der Waals surface area contributed by atoms with Crippen LogP contribution < -0.4 is 10.3 Å². The Balaban J connectivity index is 2.45. The minimum absolute atomic E-state index is 0.973. The van der Waals surface area contributed by atoms with Gasteiger partial charge in [0.15, 0.2) is 0 Å². The maximum atomic E-state index is 4.27. The summed E-state index contributed by atoms with van der Waals surface area (Å²) in [5, 5.41) is 3.28. The number of hydrogen-bond donors (Lipinski definition) is 1. The Hall–Kier alpha value is -1.31. The number of rotatable bonds is 0. The first-order chi connectivity index (χ1) is 5.47. The Labute approximate surface area is 66.0 Å². The van der Waals surface area contributed by atoms with Crippen molar-refractivity contribution in [1.29, 1.82) is 0 Å². The van der Waals surface area contributed by atoms with Crippen LogP contribution in [0.5, 0.6) is 0 Å². The molecule has 0 saturated heterocycles. The SMILES string of the molecule is [c]1ccc2c(c1)[N+]=CCCN2. The molecular formula is C9H9N2+. The third-order valence-corrected chi connectivity index (χ3v) is 1.66. The Kier molecular flexibility index (Phi) is 1.60. The molecule has 0 saturated carbocycles.